The minimum absolute atomic E-state index is 0.233. The third kappa shape index (κ3) is 3.22. The Morgan fingerprint density at radius 3 is 2.22 bits per heavy atom. The molecule has 100 valence electrons. The summed E-state index contributed by atoms with van der Waals surface area (Å²) in [5.41, 5.74) is 4.46. The molecule has 0 heterocycles. The number of aliphatic carboxylic acids is 1. The quantitative estimate of drug-likeness (QED) is 0.818. The van der Waals surface area contributed by atoms with Crippen LogP contribution in [0, 0.1) is 17.5 Å². The van der Waals surface area contributed by atoms with E-state index >= 15 is 0 Å². The Hall–Kier alpha value is -1.56. The van der Waals surface area contributed by atoms with Crippen LogP contribution in [-0.2, 0) is 4.79 Å². The van der Waals surface area contributed by atoms with Crippen LogP contribution in [0.15, 0.2) is 12.1 Å². The van der Waals surface area contributed by atoms with E-state index in [1.165, 1.54) is 13.8 Å². The van der Waals surface area contributed by atoms with Gasteiger partial charge >= 0.3 is 5.97 Å². The van der Waals surface area contributed by atoms with Gasteiger partial charge in [0, 0.05) is 17.5 Å². The van der Waals surface area contributed by atoms with Gasteiger partial charge in [-0.1, -0.05) is 0 Å². The monoisotopic (exact) mass is 261 g/mol. The van der Waals surface area contributed by atoms with E-state index in [0.29, 0.717) is 12.1 Å². The fourth-order valence-electron chi connectivity index (χ4n) is 1.75. The Morgan fingerprint density at radius 2 is 1.78 bits per heavy atom. The highest BCUT2D eigenvalue weighted by molar-refractivity contribution is 5.68. The summed E-state index contributed by atoms with van der Waals surface area (Å²) in [5.74, 6) is -5.70. The van der Waals surface area contributed by atoms with Crippen molar-refractivity contribution in [2.45, 2.75) is 31.7 Å². The molecular weight excluding hydrogens is 247 g/mol. The first-order valence-electron chi connectivity index (χ1n) is 5.28. The van der Waals surface area contributed by atoms with Crippen LogP contribution in [0.25, 0.3) is 0 Å². The molecular formula is C12H14F3NO2. The maximum atomic E-state index is 13.6. The Bertz CT molecular complexity index is 469. The number of hydrogen-bond donors (Lipinski definition) is 2. The molecule has 0 bridgehead atoms. The number of rotatable bonds is 4. The van der Waals surface area contributed by atoms with Gasteiger partial charge in [-0.15, -0.1) is 0 Å². The van der Waals surface area contributed by atoms with Gasteiger partial charge in [0.05, 0.1) is 6.42 Å². The molecule has 1 atom stereocenters. The summed E-state index contributed by atoms with van der Waals surface area (Å²) in [7, 11) is 0. The predicted molar refractivity (Wildman–Crippen MR) is 59.6 cm³/mol. The molecule has 6 heteroatoms. The summed E-state index contributed by atoms with van der Waals surface area (Å²) in [5, 5.41) is 8.78. The molecule has 0 saturated heterocycles. The second kappa shape index (κ2) is 4.97. The number of carboxylic acid groups (broad SMARTS) is 1. The first kappa shape index (κ1) is 14.5. The zero-order chi connectivity index (χ0) is 14.1. The molecule has 3 N–H and O–H groups in total. The third-order valence-corrected chi connectivity index (χ3v) is 2.69. The molecule has 0 radical (unpaired) electrons. The summed E-state index contributed by atoms with van der Waals surface area (Å²) >= 11 is 0. The van der Waals surface area contributed by atoms with E-state index in [0.717, 1.165) is 0 Å². The Balaban J connectivity index is 3.29. The molecule has 0 aliphatic rings. The summed E-state index contributed by atoms with van der Waals surface area (Å²) < 4.78 is 39.5. The average molecular weight is 261 g/mol. The lowest BCUT2D eigenvalue weighted by atomic mass is 9.80. The Morgan fingerprint density at radius 1 is 1.28 bits per heavy atom. The number of carbonyl (C=O) groups is 1. The lowest BCUT2D eigenvalue weighted by Crippen LogP contribution is -2.40. The van der Waals surface area contributed by atoms with Crippen LogP contribution in [0.4, 0.5) is 13.2 Å². The smallest absolute Gasteiger partial charge is 0.304 e. The van der Waals surface area contributed by atoms with Gasteiger partial charge in [0.2, 0.25) is 0 Å². The maximum Gasteiger partial charge on any atom is 0.304 e. The Kier molecular flexibility index (Phi) is 4.01. The van der Waals surface area contributed by atoms with Gasteiger partial charge in [0.1, 0.15) is 5.82 Å². The number of hydrogen-bond acceptors (Lipinski definition) is 2. The van der Waals surface area contributed by atoms with Gasteiger partial charge in [0.25, 0.3) is 0 Å². The van der Waals surface area contributed by atoms with Crippen LogP contribution in [-0.4, -0.2) is 16.6 Å². The molecule has 3 nitrogen and oxygen atoms in total. The van der Waals surface area contributed by atoms with Crippen LogP contribution in [0.5, 0.6) is 0 Å². The third-order valence-electron chi connectivity index (χ3n) is 2.69. The van der Waals surface area contributed by atoms with E-state index in [1.807, 2.05) is 0 Å². The van der Waals surface area contributed by atoms with Crippen molar-refractivity contribution in [3.05, 3.63) is 35.1 Å². The van der Waals surface area contributed by atoms with Gasteiger partial charge < -0.3 is 10.8 Å². The van der Waals surface area contributed by atoms with Crippen LogP contribution in [0.2, 0.25) is 0 Å². The van der Waals surface area contributed by atoms with Crippen molar-refractivity contribution >= 4 is 5.97 Å². The van der Waals surface area contributed by atoms with Gasteiger partial charge in [-0.05, 0) is 25.5 Å². The van der Waals surface area contributed by atoms with Crippen molar-refractivity contribution in [1.29, 1.82) is 0 Å². The summed E-state index contributed by atoms with van der Waals surface area (Å²) in [6, 6.07) is 1.05. The predicted octanol–water partition coefficient (Wildman–Crippen LogP) is 2.40. The molecule has 0 aliphatic carbocycles. The number of nitrogens with two attached hydrogens (primary N) is 1. The van der Waals surface area contributed by atoms with Crippen LogP contribution < -0.4 is 5.73 Å². The van der Waals surface area contributed by atoms with Crippen molar-refractivity contribution in [3.63, 3.8) is 0 Å². The molecule has 1 rings (SSSR count). The lowest BCUT2D eigenvalue weighted by Gasteiger charge is -2.30. The molecule has 0 amide bonds. The van der Waals surface area contributed by atoms with Crippen LogP contribution >= 0.6 is 0 Å². The van der Waals surface area contributed by atoms with E-state index in [1.54, 1.807) is 0 Å². The Labute approximate surface area is 102 Å². The molecule has 0 fully saturated rings. The van der Waals surface area contributed by atoms with Gasteiger partial charge in [-0.25, -0.2) is 13.2 Å². The average Bonchev–Trinajstić information content (AvgIpc) is 2.18. The molecule has 0 aliphatic heterocycles. The zero-order valence-corrected chi connectivity index (χ0v) is 10.0. The molecule has 0 aromatic heterocycles. The highest BCUT2D eigenvalue weighted by atomic mass is 19.2. The van der Waals surface area contributed by atoms with Gasteiger partial charge in [0.15, 0.2) is 11.6 Å². The number of halogens is 3. The molecule has 1 aromatic carbocycles. The molecule has 18 heavy (non-hydrogen) atoms. The first-order chi connectivity index (χ1) is 8.12. The van der Waals surface area contributed by atoms with E-state index in [-0.39, 0.29) is 5.56 Å². The van der Waals surface area contributed by atoms with Gasteiger partial charge in [-0.2, -0.15) is 0 Å². The second-order valence-corrected chi connectivity index (χ2v) is 4.76. The summed E-state index contributed by atoms with van der Waals surface area (Å²) in [6.45, 7) is 3.00. The zero-order valence-electron chi connectivity index (χ0n) is 10.0. The van der Waals surface area contributed by atoms with E-state index < -0.39 is 41.3 Å². The minimum atomic E-state index is -1.32. The van der Waals surface area contributed by atoms with Crippen LogP contribution in [0.1, 0.15) is 31.7 Å². The highest BCUT2D eigenvalue weighted by Gasteiger charge is 2.32. The summed E-state index contributed by atoms with van der Waals surface area (Å²) in [4.78, 5) is 10.7. The second-order valence-electron chi connectivity index (χ2n) is 4.76. The number of benzene rings is 1. The van der Waals surface area contributed by atoms with E-state index in [2.05, 4.69) is 0 Å². The van der Waals surface area contributed by atoms with Crippen LogP contribution in [0.3, 0.4) is 0 Å². The van der Waals surface area contributed by atoms with E-state index in [4.69, 9.17) is 10.8 Å². The van der Waals surface area contributed by atoms with Crippen molar-refractivity contribution in [2.24, 2.45) is 5.73 Å². The molecule has 0 spiro atoms. The number of carboxylic acids is 1. The fraction of sp³-hybridized carbons (Fsp3) is 0.417. The summed E-state index contributed by atoms with van der Waals surface area (Å²) in [6.07, 6.45) is -0.467. The normalized spacial score (nSPS) is 13.4. The van der Waals surface area contributed by atoms with Gasteiger partial charge in [-0.3, -0.25) is 4.79 Å². The maximum absolute atomic E-state index is 13.6. The van der Waals surface area contributed by atoms with Crippen molar-refractivity contribution in [2.75, 3.05) is 0 Å². The largest absolute Gasteiger partial charge is 0.481 e. The highest BCUT2D eigenvalue weighted by Crippen LogP contribution is 2.32. The minimum Gasteiger partial charge on any atom is -0.481 e. The van der Waals surface area contributed by atoms with Crippen molar-refractivity contribution in [1.82, 2.24) is 0 Å². The molecule has 0 saturated carbocycles. The van der Waals surface area contributed by atoms with Crippen molar-refractivity contribution < 1.29 is 23.1 Å². The lowest BCUT2D eigenvalue weighted by molar-refractivity contribution is -0.137. The first-order valence-corrected chi connectivity index (χ1v) is 5.28. The standard InChI is InChI=1S/C12H14F3NO2/c1-12(2,16)7(4-11(17)18)6-3-9(14)10(15)5-8(6)13/h3,5,7H,4,16H2,1-2H3,(H,17,18). The SMILES string of the molecule is CC(C)(N)C(CC(=O)O)c1cc(F)c(F)cc1F. The van der Waals surface area contributed by atoms with Crippen molar-refractivity contribution in [3.8, 4) is 0 Å². The van der Waals surface area contributed by atoms with E-state index in [9.17, 15) is 18.0 Å². The molecule has 1 aromatic rings. The fourth-order valence-corrected chi connectivity index (χ4v) is 1.75. The topological polar surface area (TPSA) is 63.3 Å². The molecule has 1 unspecified atom stereocenters.